The van der Waals surface area contributed by atoms with Crippen molar-refractivity contribution in [3.63, 3.8) is 0 Å². The zero-order chi connectivity index (χ0) is 30.2. The second-order valence-electron chi connectivity index (χ2n) is 15.2. The lowest BCUT2D eigenvalue weighted by molar-refractivity contribution is -0.197. The minimum Gasteiger partial charge on any atom is -0.462 e. The molecule has 234 valence electrons. The number of hydrogen-bond acceptors (Lipinski definition) is 6. The summed E-state index contributed by atoms with van der Waals surface area (Å²) in [4.78, 5) is 52.9. The van der Waals surface area contributed by atoms with Crippen LogP contribution >= 0.6 is 0 Å². The number of nitrogens with zero attached hydrogens (tertiary/aromatic N) is 1. The molecule has 0 N–H and O–H groups in total. The third-order valence-corrected chi connectivity index (χ3v) is 12.3. The molecule has 5 aliphatic rings. The van der Waals surface area contributed by atoms with Crippen LogP contribution in [-0.2, 0) is 28.8 Å². The lowest BCUT2D eigenvalue weighted by atomic mass is 9.47. The zero-order valence-corrected chi connectivity index (χ0v) is 26.6. The number of carbonyl (C=O) groups is 4. The van der Waals surface area contributed by atoms with Crippen LogP contribution in [0.3, 0.4) is 0 Å². The van der Waals surface area contributed by atoms with Gasteiger partial charge in [0.2, 0.25) is 0 Å². The highest BCUT2D eigenvalue weighted by Gasteiger charge is 2.59. The van der Waals surface area contributed by atoms with Crippen LogP contribution in [0.5, 0.6) is 0 Å². The van der Waals surface area contributed by atoms with Crippen molar-refractivity contribution in [2.75, 3.05) is 0 Å². The molecule has 7 heteroatoms. The van der Waals surface area contributed by atoms with E-state index in [2.05, 4.69) is 40.7 Å². The molecule has 42 heavy (non-hydrogen) atoms. The summed E-state index contributed by atoms with van der Waals surface area (Å²) in [6.45, 7) is 12.3. The average molecular weight is 584 g/mol. The number of esters is 1. The van der Waals surface area contributed by atoms with Gasteiger partial charge in [-0.05, 0) is 91.3 Å². The molecule has 5 unspecified atom stereocenters. The van der Waals surface area contributed by atoms with Crippen LogP contribution < -0.4 is 0 Å². The largest absolute Gasteiger partial charge is 0.462 e. The molecule has 4 fully saturated rings. The van der Waals surface area contributed by atoms with Gasteiger partial charge in [0.05, 0.1) is 12.8 Å². The van der Waals surface area contributed by atoms with Crippen LogP contribution in [0.2, 0.25) is 0 Å². The molecule has 1 aliphatic heterocycles. The summed E-state index contributed by atoms with van der Waals surface area (Å²) < 4.78 is 5.82. The quantitative estimate of drug-likeness (QED) is 0.152. The molecule has 0 aromatic heterocycles. The van der Waals surface area contributed by atoms with Gasteiger partial charge in [-0.3, -0.25) is 14.4 Å². The summed E-state index contributed by atoms with van der Waals surface area (Å²) in [5, 5.41) is 0.520. The van der Waals surface area contributed by atoms with Crippen LogP contribution in [-0.4, -0.2) is 34.9 Å². The molecule has 1 saturated heterocycles. The first kappa shape index (κ1) is 31.3. The van der Waals surface area contributed by atoms with Crippen molar-refractivity contribution in [1.82, 2.24) is 5.06 Å². The average Bonchev–Trinajstić information content (AvgIpc) is 3.45. The maximum atomic E-state index is 12.6. The molecule has 0 aromatic rings. The molecule has 3 saturated carbocycles. The minimum absolute atomic E-state index is 0.0461. The van der Waals surface area contributed by atoms with Gasteiger partial charge in [-0.2, -0.15) is 0 Å². The summed E-state index contributed by atoms with van der Waals surface area (Å²) >= 11 is 0. The molecule has 0 aromatic carbocycles. The molecule has 0 spiro atoms. The minimum atomic E-state index is -0.767. The highest BCUT2D eigenvalue weighted by Crippen LogP contribution is 2.67. The smallest absolute Gasteiger partial charge is 0.333 e. The first-order valence-corrected chi connectivity index (χ1v) is 16.9. The summed E-state index contributed by atoms with van der Waals surface area (Å²) in [5.74, 6) is 2.54. The molecular weight excluding hydrogens is 530 g/mol. The number of imide groups is 1. The Kier molecular flexibility index (Phi) is 9.25. The predicted octanol–water partition coefficient (Wildman–Crippen LogP) is 7.33. The van der Waals surface area contributed by atoms with Crippen LogP contribution in [0, 0.1) is 46.3 Å². The summed E-state index contributed by atoms with van der Waals surface area (Å²) in [7, 11) is 0. The van der Waals surface area contributed by atoms with Gasteiger partial charge in [-0.25, -0.2) is 4.79 Å². The second-order valence-corrected chi connectivity index (χ2v) is 15.2. The fourth-order valence-corrected chi connectivity index (χ4v) is 10.0. The second kappa shape index (κ2) is 12.4. The molecule has 8 atom stereocenters. The summed E-state index contributed by atoms with van der Waals surface area (Å²) in [5.41, 5.74) is 2.13. The van der Waals surface area contributed by atoms with E-state index >= 15 is 0 Å². The fourth-order valence-electron chi connectivity index (χ4n) is 10.0. The van der Waals surface area contributed by atoms with Gasteiger partial charge >= 0.3 is 11.9 Å². The highest BCUT2D eigenvalue weighted by atomic mass is 16.7. The molecule has 4 aliphatic carbocycles. The van der Waals surface area contributed by atoms with E-state index in [9.17, 15) is 19.2 Å². The number of ether oxygens (including phenoxy) is 1. The normalized spacial score (nSPS) is 36.7. The van der Waals surface area contributed by atoms with E-state index in [-0.39, 0.29) is 37.2 Å². The van der Waals surface area contributed by atoms with E-state index in [1.807, 2.05) is 0 Å². The third kappa shape index (κ3) is 6.08. The van der Waals surface area contributed by atoms with Gasteiger partial charge in [0.15, 0.2) is 0 Å². The molecule has 1 heterocycles. The Hall–Kier alpha value is -2.18. The lowest BCUT2D eigenvalue weighted by Gasteiger charge is -2.58. The number of amides is 2. The van der Waals surface area contributed by atoms with E-state index < -0.39 is 23.8 Å². The number of carbonyl (C=O) groups excluding carboxylic acids is 4. The van der Waals surface area contributed by atoms with Gasteiger partial charge in [0.1, 0.15) is 6.10 Å². The lowest BCUT2D eigenvalue weighted by Crippen LogP contribution is -2.51. The maximum absolute atomic E-state index is 12.6. The van der Waals surface area contributed by atoms with E-state index in [0.717, 1.165) is 55.3 Å². The van der Waals surface area contributed by atoms with Crippen LogP contribution in [0.15, 0.2) is 11.6 Å². The first-order chi connectivity index (χ1) is 19.9. The fraction of sp³-hybridized carbons (Fsp3) is 0.829. The third-order valence-electron chi connectivity index (χ3n) is 12.3. The Morgan fingerprint density at radius 3 is 2.36 bits per heavy atom. The van der Waals surface area contributed by atoms with Gasteiger partial charge in [0, 0.05) is 19.3 Å². The SMILES string of the molecule is CC(C)CCCC(C)C1CCC2C3CC=C4C[C@@H](OC(=O)CCC(=O)ON5C(=O)CCC5=O)CC[C@]4(C)C3CC[C@]12C. The van der Waals surface area contributed by atoms with Crippen molar-refractivity contribution in [3.8, 4) is 0 Å². The van der Waals surface area contributed by atoms with Crippen LogP contribution in [0.1, 0.15) is 131 Å². The maximum Gasteiger partial charge on any atom is 0.333 e. The molecule has 7 nitrogen and oxygen atoms in total. The monoisotopic (exact) mass is 583 g/mol. The van der Waals surface area contributed by atoms with E-state index in [1.165, 1.54) is 50.5 Å². The predicted molar refractivity (Wildman–Crippen MR) is 159 cm³/mol. The molecule has 2 amide bonds. The molecular formula is C35H53NO6. The summed E-state index contributed by atoms with van der Waals surface area (Å²) in [6, 6.07) is 0. The van der Waals surface area contributed by atoms with Crippen molar-refractivity contribution in [2.24, 2.45) is 46.3 Å². The zero-order valence-electron chi connectivity index (χ0n) is 26.6. The van der Waals surface area contributed by atoms with Crippen molar-refractivity contribution in [3.05, 3.63) is 11.6 Å². The number of allylic oxidation sites excluding steroid dienone is 1. The molecule has 5 rings (SSSR count). The first-order valence-electron chi connectivity index (χ1n) is 16.9. The molecule has 0 bridgehead atoms. The van der Waals surface area contributed by atoms with Crippen molar-refractivity contribution in [1.29, 1.82) is 0 Å². The highest BCUT2D eigenvalue weighted by molar-refractivity contribution is 6.01. The van der Waals surface area contributed by atoms with Gasteiger partial charge in [-0.1, -0.05) is 65.5 Å². The van der Waals surface area contributed by atoms with Gasteiger partial charge < -0.3 is 9.57 Å². The van der Waals surface area contributed by atoms with E-state index in [4.69, 9.17) is 9.57 Å². The Morgan fingerprint density at radius 1 is 0.929 bits per heavy atom. The Bertz CT molecular complexity index is 1080. The van der Waals surface area contributed by atoms with E-state index in [1.54, 1.807) is 0 Å². The van der Waals surface area contributed by atoms with Crippen molar-refractivity contribution < 1.29 is 28.8 Å². The number of hydrogen-bond donors (Lipinski definition) is 0. The van der Waals surface area contributed by atoms with Gasteiger partial charge in [-0.15, -0.1) is 5.06 Å². The Labute approximate surface area is 252 Å². The topological polar surface area (TPSA) is 90.0 Å². The van der Waals surface area contributed by atoms with Crippen molar-refractivity contribution in [2.45, 2.75) is 137 Å². The number of hydroxylamine groups is 2. The Morgan fingerprint density at radius 2 is 1.64 bits per heavy atom. The van der Waals surface area contributed by atoms with Crippen molar-refractivity contribution >= 4 is 23.8 Å². The van der Waals surface area contributed by atoms with Crippen LogP contribution in [0.4, 0.5) is 0 Å². The van der Waals surface area contributed by atoms with Crippen LogP contribution in [0.25, 0.3) is 0 Å². The summed E-state index contributed by atoms with van der Waals surface area (Å²) in [6.07, 6.45) is 15.5. The standard InChI is InChI=1S/C35H53NO6/c1-22(2)7-6-8-23(3)27-11-12-28-26-10-9-24-21-25(17-19-34(24,4)29(26)18-20-35(27,28)5)41-32(39)15-16-33(40)42-36-30(37)13-14-31(36)38/h9,22-23,25-29H,6-8,10-21H2,1-5H3/t23?,25-,26?,27?,28?,29?,34-,35+/m0/s1. The Balaban J connectivity index is 1.14. The number of fused-ring (bicyclic) bond motifs is 5. The molecule has 0 radical (unpaired) electrons. The van der Waals surface area contributed by atoms with E-state index in [0.29, 0.717) is 16.4 Å². The number of rotatable bonds is 10. The van der Waals surface area contributed by atoms with Gasteiger partial charge in [0.25, 0.3) is 11.8 Å².